The third-order valence-electron chi connectivity index (χ3n) is 2.98. The Labute approximate surface area is 120 Å². The van der Waals surface area contributed by atoms with Crippen LogP contribution in [0.2, 0.25) is 5.02 Å². The summed E-state index contributed by atoms with van der Waals surface area (Å²) in [5.74, 6) is -0.00454. The Balaban J connectivity index is 1.72. The molecule has 1 aliphatic heterocycles. The van der Waals surface area contributed by atoms with E-state index in [1.54, 1.807) is 24.3 Å². The summed E-state index contributed by atoms with van der Waals surface area (Å²) in [5.41, 5.74) is 0.353. The van der Waals surface area contributed by atoms with E-state index in [0.29, 0.717) is 23.1 Å². The molecule has 1 aliphatic rings. The number of amides is 1. The maximum Gasteiger partial charge on any atom is 0.322 e. The molecule has 1 aromatic heterocycles. The van der Waals surface area contributed by atoms with Crippen LogP contribution in [0.3, 0.4) is 0 Å². The number of carbonyl (C=O) groups excluding carboxylic acids is 1. The van der Waals surface area contributed by atoms with Crippen LogP contribution in [0.25, 0.3) is 0 Å². The smallest absolute Gasteiger partial charge is 0.322 e. The van der Waals surface area contributed by atoms with E-state index in [0.717, 1.165) is 12.8 Å². The lowest BCUT2D eigenvalue weighted by Crippen LogP contribution is -2.12. The topological polar surface area (TPSA) is 77.2 Å². The Kier molecular flexibility index (Phi) is 3.66. The van der Waals surface area contributed by atoms with Crippen LogP contribution in [0, 0.1) is 0 Å². The lowest BCUT2D eigenvalue weighted by Gasteiger charge is -2.03. The number of hydrogen-bond acceptors (Lipinski definition) is 5. The van der Waals surface area contributed by atoms with Crippen molar-refractivity contribution in [2.45, 2.75) is 18.9 Å². The van der Waals surface area contributed by atoms with Gasteiger partial charge in [-0.3, -0.25) is 10.1 Å². The van der Waals surface area contributed by atoms with Gasteiger partial charge in [0.05, 0.1) is 10.6 Å². The van der Waals surface area contributed by atoms with Gasteiger partial charge in [-0.05, 0) is 25.0 Å². The summed E-state index contributed by atoms with van der Waals surface area (Å²) >= 11 is 5.95. The molecule has 0 spiro atoms. The van der Waals surface area contributed by atoms with E-state index in [1.165, 1.54) is 0 Å². The zero-order valence-corrected chi connectivity index (χ0v) is 11.3. The van der Waals surface area contributed by atoms with Gasteiger partial charge in [0.2, 0.25) is 5.89 Å². The first-order valence-corrected chi connectivity index (χ1v) is 6.63. The van der Waals surface area contributed by atoms with Crippen molar-refractivity contribution in [2.75, 3.05) is 11.9 Å². The Morgan fingerprint density at radius 1 is 1.35 bits per heavy atom. The summed E-state index contributed by atoms with van der Waals surface area (Å²) in [6.45, 7) is 0.689. The summed E-state index contributed by atoms with van der Waals surface area (Å²) in [4.78, 5) is 12.0. The second-order valence-electron chi connectivity index (χ2n) is 4.38. The minimum atomic E-state index is -0.391. The average molecular weight is 294 g/mol. The molecule has 104 valence electrons. The molecule has 7 heteroatoms. The molecule has 0 radical (unpaired) electrons. The lowest BCUT2D eigenvalue weighted by atomic mass is 10.2. The van der Waals surface area contributed by atoms with Gasteiger partial charge in [0, 0.05) is 6.61 Å². The van der Waals surface area contributed by atoms with Gasteiger partial charge < -0.3 is 9.15 Å². The molecule has 2 aromatic rings. The van der Waals surface area contributed by atoms with Crippen LogP contribution in [-0.4, -0.2) is 22.7 Å². The van der Waals surface area contributed by atoms with Crippen LogP contribution in [0.4, 0.5) is 6.01 Å². The maximum absolute atomic E-state index is 12.0. The van der Waals surface area contributed by atoms with E-state index in [-0.39, 0.29) is 12.1 Å². The van der Waals surface area contributed by atoms with E-state index in [1.807, 2.05) is 0 Å². The number of benzene rings is 1. The van der Waals surface area contributed by atoms with Gasteiger partial charge in [0.1, 0.15) is 6.10 Å². The maximum atomic E-state index is 12.0. The zero-order chi connectivity index (χ0) is 13.9. The van der Waals surface area contributed by atoms with Crippen LogP contribution in [0.15, 0.2) is 28.7 Å². The highest BCUT2D eigenvalue weighted by molar-refractivity contribution is 6.34. The molecule has 1 saturated heterocycles. The fourth-order valence-corrected chi connectivity index (χ4v) is 2.22. The predicted molar refractivity (Wildman–Crippen MR) is 71.6 cm³/mol. The molecule has 20 heavy (non-hydrogen) atoms. The molecule has 1 unspecified atom stereocenters. The fourth-order valence-electron chi connectivity index (χ4n) is 2.00. The summed E-state index contributed by atoms with van der Waals surface area (Å²) in [6, 6.07) is 6.78. The van der Waals surface area contributed by atoms with Crippen LogP contribution >= 0.6 is 11.6 Å². The van der Waals surface area contributed by atoms with Gasteiger partial charge in [0.15, 0.2) is 0 Å². The largest absolute Gasteiger partial charge is 0.405 e. The molecule has 1 fully saturated rings. The van der Waals surface area contributed by atoms with Gasteiger partial charge in [-0.2, -0.15) is 0 Å². The number of anilines is 1. The van der Waals surface area contributed by atoms with Crippen molar-refractivity contribution in [3.8, 4) is 0 Å². The summed E-state index contributed by atoms with van der Waals surface area (Å²) in [5, 5.41) is 10.6. The van der Waals surface area contributed by atoms with Crippen LogP contribution in [0.1, 0.15) is 35.2 Å². The van der Waals surface area contributed by atoms with Gasteiger partial charge in [0.25, 0.3) is 5.91 Å². The van der Waals surface area contributed by atoms with Gasteiger partial charge >= 0.3 is 6.01 Å². The number of hydrogen-bond donors (Lipinski definition) is 1. The van der Waals surface area contributed by atoms with Gasteiger partial charge in [-0.25, -0.2) is 0 Å². The number of rotatable bonds is 3. The molecule has 1 aromatic carbocycles. The van der Waals surface area contributed by atoms with Crippen LogP contribution < -0.4 is 5.32 Å². The molecule has 1 amide bonds. The quantitative estimate of drug-likeness (QED) is 0.941. The standard InChI is InChI=1S/C13H12ClN3O3/c14-9-5-2-1-4-8(9)11(18)15-13-17-16-12(20-13)10-6-3-7-19-10/h1-2,4-5,10H,3,6-7H2,(H,15,17,18). The summed E-state index contributed by atoms with van der Waals surface area (Å²) < 4.78 is 10.8. The number of ether oxygens (including phenoxy) is 1. The first-order chi connectivity index (χ1) is 9.74. The highest BCUT2D eigenvalue weighted by Gasteiger charge is 2.24. The van der Waals surface area contributed by atoms with Crippen molar-refractivity contribution in [2.24, 2.45) is 0 Å². The first kappa shape index (κ1) is 13.1. The van der Waals surface area contributed by atoms with Crippen molar-refractivity contribution in [3.05, 3.63) is 40.7 Å². The van der Waals surface area contributed by atoms with Gasteiger partial charge in [-0.15, -0.1) is 5.10 Å². The highest BCUT2D eigenvalue weighted by Crippen LogP contribution is 2.28. The van der Waals surface area contributed by atoms with Crippen molar-refractivity contribution in [1.82, 2.24) is 10.2 Å². The van der Waals surface area contributed by atoms with E-state index in [9.17, 15) is 4.79 Å². The second kappa shape index (κ2) is 5.60. The van der Waals surface area contributed by atoms with Crippen molar-refractivity contribution < 1.29 is 13.9 Å². The number of nitrogens with zero attached hydrogens (tertiary/aromatic N) is 2. The molecular formula is C13H12ClN3O3. The summed E-state index contributed by atoms with van der Waals surface area (Å²) in [6.07, 6.45) is 1.64. The SMILES string of the molecule is O=C(Nc1nnc(C2CCCO2)o1)c1ccccc1Cl. The predicted octanol–water partition coefficient (Wildman–Crippen LogP) is 2.83. The Hall–Kier alpha value is -1.92. The average Bonchev–Trinajstić information content (AvgIpc) is 3.09. The van der Waals surface area contributed by atoms with E-state index >= 15 is 0 Å². The van der Waals surface area contributed by atoms with Crippen molar-refractivity contribution in [3.63, 3.8) is 0 Å². The molecule has 0 aliphatic carbocycles. The monoisotopic (exact) mass is 293 g/mol. The second-order valence-corrected chi connectivity index (χ2v) is 4.79. The zero-order valence-electron chi connectivity index (χ0n) is 10.5. The van der Waals surface area contributed by atoms with E-state index < -0.39 is 5.91 Å². The fraction of sp³-hybridized carbons (Fsp3) is 0.308. The third-order valence-corrected chi connectivity index (χ3v) is 3.31. The van der Waals surface area contributed by atoms with Crippen LogP contribution in [-0.2, 0) is 4.74 Å². The van der Waals surface area contributed by atoms with E-state index in [4.69, 9.17) is 20.8 Å². The van der Waals surface area contributed by atoms with Crippen molar-refractivity contribution >= 4 is 23.5 Å². The lowest BCUT2D eigenvalue weighted by molar-refractivity contribution is 0.0893. The summed E-state index contributed by atoms with van der Waals surface area (Å²) in [7, 11) is 0. The Bertz CT molecular complexity index is 623. The molecule has 1 atom stereocenters. The minimum absolute atomic E-state index is 0.0421. The number of halogens is 1. The number of aromatic nitrogens is 2. The van der Waals surface area contributed by atoms with Crippen LogP contribution in [0.5, 0.6) is 0 Å². The molecule has 0 saturated carbocycles. The molecule has 3 rings (SSSR count). The minimum Gasteiger partial charge on any atom is -0.405 e. The molecule has 0 bridgehead atoms. The normalized spacial score (nSPS) is 18.1. The molecule has 2 heterocycles. The Morgan fingerprint density at radius 3 is 2.95 bits per heavy atom. The number of carbonyl (C=O) groups is 1. The highest BCUT2D eigenvalue weighted by atomic mass is 35.5. The van der Waals surface area contributed by atoms with Gasteiger partial charge in [-0.1, -0.05) is 28.8 Å². The van der Waals surface area contributed by atoms with Crippen molar-refractivity contribution in [1.29, 1.82) is 0 Å². The third kappa shape index (κ3) is 2.66. The first-order valence-electron chi connectivity index (χ1n) is 6.25. The van der Waals surface area contributed by atoms with E-state index in [2.05, 4.69) is 15.5 Å². The Morgan fingerprint density at radius 2 is 2.20 bits per heavy atom. The molecule has 1 N–H and O–H groups in total. The molecular weight excluding hydrogens is 282 g/mol. The number of nitrogens with one attached hydrogen (secondary N) is 1. The molecule has 6 nitrogen and oxygen atoms in total.